The third-order valence-corrected chi connectivity index (χ3v) is 3.08. The summed E-state index contributed by atoms with van der Waals surface area (Å²) in [7, 11) is 0. The van der Waals surface area contributed by atoms with Gasteiger partial charge in [-0.05, 0) is 31.0 Å². The van der Waals surface area contributed by atoms with E-state index in [9.17, 15) is 0 Å². The molecule has 0 bridgehead atoms. The summed E-state index contributed by atoms with van der Waals surface area (Å²) in [4.78, 5) is 4.20. The molecule has 2 aromatic rings. The Hall–Kier alpha value is -2.54. The van der Waals surface area contributed by atoms with Gasteiger partial charge in [-0.1, -0.05) is 25.1 Å². The Balaban J connectivity index is 2.24. The maximum absolute atomic E-state index is 8.71. The highest BCUT2D eigenvalue weighted by Crippen LogP contribution is 2.25. The van der Waals surface area contributed by atoms with E-state index in [2.05, 4.69) is 11.9 Å². The van der Waals surface area contributed by atoms with Gasteiger partial charge in [-0.15, -0.1) is 5.26 Å². The van der Waals surface area contributed by atoms with Crippen LogP contribution in [0.2, 0.25) is 0 Å². The van der Waals surface area contributed by atoms with E-state index in [1.807, 2.05) is 31.2 Å². The van der Waals surface area contributed by atoms with Crippen molar-refractivity contribution in [1.29, 1.82) is 5.26 Å². The normalized spacial score (nSPS) is 9.85. The standard InChI is InChI=1S/C16H16N2O2/c1-3-13-7-4-8-15(20-11-17)14(13)10-19-16-12(2)6-5-9-18-16/h4-9H,3,10H2,1-2H3. The van der Waals surface area contributed by atoms with Gasteiger partial charge in [0.25, 0.3) is 6.26 Å². The zero-order valence-corrected chi connectivity index (χ0v) is 11.6. The minimum Gasteiger partial charge on any atom is -0.472 e. The summed E-state index contributed by atoms with van der Waals surface area (Å²) < 4.78 is 10.8. The van der Waals surface area contributed by atoms with Crippen LogP contribution in [-0.2, 0) is 13.0 Å². The van der Waals surface area contributed by atoms with Crippen LogP contribution < -0.4 is 9.47 Å². The number of ether oxygens (including phenoxy) is 2. The molecule has 0 aliphatic heterocycles. The highest BCUT2D eigenvalue weighted by atomic mass is 16.5. The summed E-state index contributed by atoms with van der Waals surface area (Å²) >= 11 is 0. The first-order chi connectivity index (χ1) is 9.76. The fraction of sp³-hybridized carbons (Fsp3) is 0.250. The minimum atomic E-state index is 0.332. The van der Waals surface area contributed by atoms with Gasteiger partial charge in [-0.2, -0.15) is 0 Å². The average molecular weight is 268 g/mol. The predicted molar refractivity (Wildman–Crippen MR) is 75.4 cm³/mol. The zero-order chi connectivity index (χ0) is 14.4. The number of hydrogen-bond donors (Lipinski definition) is 0. The van der Waals surface area contributed by atoms with Crippen molar-refractivity contribution in [3.05, 3.63) is 53.2 Å². The maximum Gasteiger partial charge on any atom is 0.292 e. The summed E-state index contributed by atoms with van der Waals surface area (Å²) in [5.74, 6) is 1.14. The van der Waals surface area contributed by atoms with E-state index in [4.69, 9.17) is 14.7 Å². The quantitative estimate of drug-likeness (QED) is 0.780. The molecule has 0 saturated heterocycles. The topological polar surface area (TPSA) is 55.1 Å². The molecule has 0 amide bonds. The van der Waals surface area contributed by atoms with Crippen LogP contribution in [0, 0.1) is 18.4 Å². The number of pyridine rings is 1. The summed E-state index contributed by atoms with van der Waals surface area (Å²) in [5.41, 5.74) is 2.97. The van der Waals surface area contributed by atoms with Gasteiger partial charge in [0.2, 0.25) is 5.88 Å². The first-order valence-corrected chi connectivity index (χ1v) is 6.47. The molecule has 0 radical (unpaired) electrons. The number of hydrogen-bond acceptors (Lipinski definition) is 4. The molecule has 0 spiro atoms. The van der Waals surface area contributed by atoms with E-state index in [1.54, 1.807) is 18.5 Å². The van der Waals surface area contributed by atoms with Crippen molar-refractivity contribution in [2.24, 2.45) is 0 Å². The molecule has 1 aromatic carbocycles. The third kappa shape index (κ3) is 3.07. The molecule has 20 heavy (non-hydrogen) atoms. The number of aryl methyl sites for hydroxylation is 2. The van der Waals surface area contributed by atoms with Crippen molar-refractivity contribution in [3.63, 3.8) is 0 Å². The van der Waals surface area contributed by atoms with Crippen molar-refractivity contribution in [1.82, 2.24) is 4.98 Å². The van der Waals surface area contributed by atoms with Crippen molar-refractivity contribution >= 4 is 0 Å². The van der Waals surface area contributed by atoms with Gasteiger partial charge < -0.3 is 9.47 Å². The SMILES string of the molecule is CCc1cccc(OC#N)c1COc1ncccc1C. The molecule has 0 saturated carbocycles. The highest BCUT2D eigenvalue weighted by Gasteiger charge is 2.11. The maximum atomic E-state index is 8.71. The third-order valence-electron chi connectivity index (χ3n) is 3.08. The van der Waals surface area contributed by atoms with E-state index in [0.717, 1.165) is 23.1 Å². The Bertz CT molecular complexity index is 633. The Morgan fingerprint density at radius 3 is 2.80 bits per heavy atom. The van der Waals surface area contributed by atoms with E-state index >= 15 is 0 Å². The lowest BCUT2D eigenvalue weighted by Crippen LogP contribution is -2.04. The highest BCUT2D eigenvalue weighted by molar-refractivity contribution is 5.41. The zero-order valence-electron chi connectivity index (χ0n) is 11.6. The van der Waals surface area contributed by atoms with Gasteiger partial charge in [0, 0.05) is 17.3 Å². The minimum absolute atomic E-state index is 0.332. The van der Waals surface area contributed by atoms with Gasteiger partial charge in [0.15, 0.2) is 0 Å². The fourth-order valence-electron chi connectivity index (χ4n) is 2.01. The molecule has 1 heterocycles. The second-order valence-corrected chi connectivity index (χ2v) is 4.35. The average Bonchev–Trinajstić information content (AvgIpc) is 2.47. The summed E-state index contributed by atoms with van der Waals surface area (Å²) in [6.07, 6.45) is 4.26. The Kier molecular flexibility index (Phi) is 4.56. The first-order valence-electron chi connectivity index (χ1n) is 6.47. The molecule has 0 unspecified atom stereocenters. The summed E-state index contributed by atoms with van der Waals surface area (Å²) in [5, 5.41) is 8.71. The molecule has 4 nitrogen and oxygen atoms in total. The lowest BCUT2D eigenvalue weighted by molar-refractivity contribution is 0.286. The van der Waals surface area contributed by atoms with Crippen LogP contribution >= 0.6 is 0 Å². The van der Waals surface area contributed by atoms with Crippen LogP contribution in [0.4, 0.5) is 0 Å². The second kappa shape index (κ2) is 6.58. The summed E-state index contributed by atoms with van der Waals surface area (Å²) in [6.45, 7) is 4.33. The first kappa shape index (κ1) is 13.9. The molecule has 0 N–H and O–H groups in total. The largest absolute Gasteiger partial charge is 0.472 e. The molecule has 1 aromatic heterocycles. The fourth-order valence-corrected chi connectivity index (χ4v) is 2.01. The van der Waals surface area contributed by atoms with Gasteiger partial charge >= 0.3 is 0 Å². The number of aromatic nitrogens is 1. The number of rotatable bonds is 5. The van der Waals surface area contributed by atoms with Crippen LogP contribution in [0.1, 0.15) is 23.6 Å². The van der Waals surface area contributed by atoms with Crippen molar-refractivity contribution < 1.29 is 9.47 Å². The monoisotopic (exact) mass is 268 g/mol. The van der Waals surface area contributed by atoms with E-state index in [1.165, 1.54) is 0 Å². The smallest absolute Gasteiger partial charge is 0.292 e. The molecule has 0 aliphatic rings. The van der Waals surface area contributed by atoms with Crippen molar-refractivity contribution in [2.45, 2.75) is 26.9 Å². The van der Waals surface area contributed by atoms with Gasteiger partial charge in [0.05, 0.1) is 0 Å². The van der Waals surface area contributed by atoms with Crippen LogP contribution in [0.15, 0.2) is 36.5 Å². The molecular weight excluding hydrogens is 252 g/mol. The van der Waals surface area contributed by atoms with Gasteiger partial charge in [0.1, 0.15) is 12.4 Å². The second-order valence-electron chi connectivity index (χ2n) is 4.35. The van der Waals surface area contributed by atoms with Crippen LogP contribution in [-0.4, -0.2) is 4.98 Å². The molecule has 0 aliphatic carbocycles. The van der Waals surface area contributed by atoms with Crippen LogP contribution in [0.25, 0.3) is 0 Å². The number of nitriles is 1. The molecular formula is C16H16N2O2. The lowest BCUT2D eigenvalue weighted by atomic mass is 10.0. The van der Waals surface area contributed by atoms with Crippen LogP contribution in [0.3, 0.4) is 0 Å². The Labute approximate surface area is 118 Å². The molecule has 0 fully saturated rings. The van der Waals surface area contributed by atoms with E-state index in [0.29, 0.717) is 18.2 Å². The Morgan fingerprint density at radius 2 is 2.10 bits per heavy atom. The van der Waals surface area contributed by atoms with Gasteiger partial charge in [-0.3, -0.25) is 0 Å². The van der Waals surface area contributed by atoms with Crippen molar-refractivity contribution in [3.8, 4) is 17.9 Å². The van der Waals surface area contributed by atoms with Gasteiger partial charge in [-0.25, -0.2) is 4.98 Å². The van der Waals surface area contributed by atoms with E-state index in [-0.39, 0.29) is 0 Å². The van der Waals surface area contributed by atoms with Crippen LogP contribution in [0.5, 0.6) is 11.6 Å². The number of nitrogens with zero attached hydrogens (tertiary/aromatic N) is 2. The molecule has 102 valence electrons. The Morgan fingerprint density at radius 1 is 1.25 bits per heavy atom. The molecule has 0 atom stereocenters. The lowest BCUT2D eigenvalue weighted by Gasteiger charge is -2.13. The number of benzene rings is 1. The summed E-state index contributed by atoms with van der Waals surface area (Å²) in [6, 6.07) is 9.47. The van der Waals surface area contributed by atoms with Crippen molar-refractivity contribution in [2.75, 3.05) is 0 Å². The molecule has 4 heteroatoms. The van der Waals surface area contributed by atoms with E-state index < -0.39 is 0 Å². The predicted octanol–water partition coefficient (Wildman–Crippen LogP) is 3.39. The molecule has 2 rings (SSSR count).